The summed E-state index contributed by atoms with van der Waals surface area (Å²) in [5, 5.41) is 4.41. The van der Waals surface area contributed by atoms with Gasteiger partial charge in [-0.1, -0.05) is 18.2 Å². The molecule has 2 aromatic heterocycles. The van der Waals surface area contributed by atoms with Crippen molar-refractivity contribution in [3.05, 3.63) is 39.5 Å². The zero-order chi connectivity index (χ0) is 22.0. The number of aromatic nitrogens is 1. The van der Waals surface area contributed by atoms with E-state index >= 15 is 0 Å². The Morgan fingerprint density at radius 1 is 1.35 bits per heavy atom. The molecule has 1 aliphatic rings. The van der Waals surface area contributed by atoms with Crippen molar-refractivity contribution in [1.82, 2.24) is 14.8 Å². The summed E-state index contributed by atoms with van der Waals surface area (Å²) in [6.45, 7) is 2.52. The molecule has 1 fully saturated rings. The lowest BCUT2D eigenvalue weighted by Crippen LogP contribution is -2.27. The lowest BCUT2D eigenvalue weighted by molar-refractivity contribution is 0.0678. The number of para-hydroxylation sites is 1. The van der Waals surface area contributed by atoms with Gasteiger partial charge in [0.25, 0.3) is 11.5 Å². The molecule has 166 valence electrons. The second kappa shape index (κ2) is 9.38. The number of hydrogen-bond donors (Lipinski definition) is 1. The van der Waals surface area contributed by atoms with Crippen LogP contribution in [-0.4, -0.2) is 61.9 Å². The number of hydrogen-bond acceptors (Lipinski definition) is 6. The smallest absolute Gasteiger partial charge is 0.265 e. The van der Waals surface area contributed by atoms with Gasteiger partial charge in [0.15, 0.2) is 5.75 Å². The Labute approximate surface area is 185 Å². The van der Waals surface area contributed by atoms with Crippen LogP contribution in [0.4, 0.5) is 0 Å². The highest BCUT2D eigenvalue weighted by Gasteiger charge is 2.26. The SMILES string of the molecule is CN(C)CCCNC(=O)c1sc2c(c1OCC1CCCO1)c(=O)n(C)c1ccccc21. The third kappa shape index (κ3) is 4.46. The van der Waals surface area contributed by atoms with E-state index in [1.54, 1.807) is 11.6 Å². The zero-order valence-corrected chi connectivity index (χ0v) is 19.1. The van der Waals surface area contributed by atoms with Crippen molar-refractivity contribution in [2.24, 2.45) is 7.05 Å². The van der Waals surface area contributed by atoms with Crippen molar-refractivity contribution in [1.29, 1.82) is 0 Å². The molecular weight excluding hydrogens is 414 g/mol. The third-order valence-corrected chi connectivity index (χ3v) is 6.81. The molecule has 3 heterocycles. The molecule has 31 heavy (non-hydrogen) atoms. The summed E-state index contributed by atoms with van der Waals surface area (Å²) in [6, 6.07) is 7.76. The fraction of sp³-hybridized carbons (Fsp3) is 0.478. The van der Waals surface area contributed by atoms with Gasteiger partial charge in [-0.25, -0.2) is 0 Å². The molecule has 1 atom stereocenters. The molecule has 7 nitrogen and oxygen atoms in total. The molecule has 0 saturated carbocycles. The largest absolute Gasteiger partial charge is 0.488 e. The average Bonchev–Trinajstić information content (AvgIpc) is 3.41. The first-order chi connectivity index (χ1) is 15.0. The van der Waals surface area contributed by atoms with Gasteiger partial charge in [0.2, 0.25) is 0 Å². The highest BCUT2D eigenvalue weighted by atomic mass is 32.1. The molecule has 4 rings (SSSR count). The van der Waals surface area contributed by atoms with Crippen molar-refractivity contribution in [2.45, 2.75) is 25.4 Å². The van der Waals surface area contributed by atoms with E-state index < -0.39 is 0 Å². The van der Waals surface area contributed by atoms with E-state index in [-0.39, 0.29) is 17.6 Å². The van der Waals surface area contributed by atoms with E-state index in [1.165, 1.54) is 11.3 Å². The van der Waals surface area contributed by atoms with Crippen LogP contribution in [0, 0.1) is 0 Å². The van der Waals surface area contributed by atoms with Gasteiger partial charge in [0, 0.05) is 25.6 Å². The minimum Gasteiger partial charge on any atom is -0.488 e. The molecule has 8 heteroatoms. The molecule has 0 bridgehead atoms. The van der Waals surface area contributed by atoms with Gasteiger partial charge in [-0.05, 0) is 46.0 Å². The van der Waals surface area contributed by atoms with Crippen LogP contribution in [-0.2, 0) is 11.8 Å². The number of fused-ring (bicyclic) bond motifs is 3. The molecule has 0 radical (unpaired) electrons. The molecule has 1 aliphatic heterocycles. The predicted molar refractivity (Wildman–Crippen MR) is 125 cm³/mol. The summed E-state index contributed by atoms with van der Waals surface area (Å²) in [4.78, 5) is 28.9. The standard InChI is InChI=1S/C23H29N3O4S/c1-25(2)12-7-11-24-22(27)21-19(30-14-15-8-6-13-29-15)18-20(31-21)16-9-4-5-10-17(16)26(3)23(18)28/h4-5,9-10,15H,6-8,11-14H2,1-3H3,(H,24,27). The van der Waals surface area contributed by atoms with Crippen LogP contribution in [0.5, 0.6) is 5.75 Å². The predicted octanol–water partition coefficient (Wildman–Crippen LogP) is 2.99. The highest BCUT2D eigenvalue weighted by Crippen LogP contribution is 2.39. The Balaban J connectivity index is 1.74. The maximum absolute atomic E-state index is 13.3. The summed E-state index contributed by atoms with van der Waals surface area (Å²) in [7, 11) is 5.77. The fourth-order valence-electron chi connectivity index (χ4n) is 3.95. The number of ether oxygens (including phenoxy) is 2. The Morgan fingerprint density at radius 2 is 2.16 bits per heavy atom. The van der Waals surface area contributed by atoms with Gasteiger partial charge in [-0.3, -0.25) is 9.59 Å². The van der Waals surface area contributed by atoms with Gasteiger partial charge in [0.05, 0.1) is 16.3 Å². The van der Waals surface area contributed by atoms with Crippen LogP contribution in [0.3, 0.4) is 0 Å². The van der Waals surface area contributed by atoms with Crippen molar-refractivity contribution >= 4 is 38.2 Å². The number of carbonyl (C=O) groups is 1. The lowest BCUT2D eigenvalue weighted by atomic mass is 10.1. The van der Waals surface area contributed by atoms with Gasteiger partial charge in [-0.15, -0.1) is 11.3 Å². The van der Waals surface area contributed by atoms with Crippen LogP contribution in [0.15, 0.2) is 29.1 Å². The second-order valence-electron chi connectivity index (χ2n) is 8.20. The van der Waals surface area contributed by atoms with Gasteiger partial charge >= 0.3 is 0 Å². The van der Waals surface area contributed by atoms with Crippen molar-refractivity contribution < 1.29 is 14.3 Å². The van der Waals surface area contributed by atoms with Gasteiger partial charge in [-0.2, -0.15) is 0 Å². The van der Waals surface area contributed by atoms with E-state index in [0.717, 1.165) is 48.0 Å². The van der Waals surface area contributed by atoms with Gasteiger partial charge < -0.3 is 24.3 Å². The maximum atomic E-state index is 13.3. The first-order valence-corrected chi connectivity index (χ1v) is 11.5. The first kappa shape index (κ1) is 21.8. The molecular formula is C23H29N3O4S. The molecule has 3 aromatic rings. The van der Waals surface area contributed by atoms with Crippen LogP contribution in [0.25, 0.3) is 21.0 Å². The average molecular weight is 444 g/mol. The molecule has 0 aliphatic carbocycles. The molecule has 1 saturated heterocycles. The monoisotopic (exact) mass is 443 g/mol. The zero-order valence-electron chi connectivity index (χ0n) is 18.3. The van der Waals surface area contributed by atoms with Gasteiger partial charge in [0.1, 0.15) is 16.9 Å². The summed E-state index contributed by atoms with van der Waals surface area (Å²) in [6.07, 6.45) is 2.77. The minimum absolute atomic E-state index is 0.00439. The molecule has 1 N–H and O–H groups in total. The Hall–Kier alpha value is -2.42. The van der Waals surface area contributed by atoms with Crippen LogP contribution < -0.4 is 15.6 Å². The number of aryl methyl sites for hydroxylation is 1. The van der Waals surface area contributed by atoms with E-state index in [1.807, 2.05) is 38.4 Å². The molecule has 1 amide bonds. The molecule has 0 spiro atoms. The quantitative estimate of drug-likeness (QED) is 0.542. The molecule has 1 aromatic carbocycles. The number of rotatable bonds is 8. The van der Waals surface area contributed by atoms with E-state index in [2.05, 4.69) is 10.2 Å². The van der Waals surface area contributed by atoms with Crippen LogP contribution in [0.2, 0.25) is 0 Å². The fourth-order valence-corrected chi connectivity index (χ4v) is 5.14. The lowest BCUT2D eigenvalue weighted by Gasteiger charge is -2.13. The number of carbonyl (C=O) groups excluding carboxylic acids is 1. The number of thiophene rings is 1. The summed E-state index contributed by atoms with van der Waals surface area (Å²) in [5.41, 5.74) is 0.684. The Morgan fingerprint density at radius 3 is 2.90 bits per heavy atom. The van der Waals surface area contributed by atoms with Crippen LogP contribution >= 0.6 is 11.3 Å². The normalized spacial score (nSPS) is 16.5. The number of benzene rings is 1. The summed E-state index contributed by atoms with van der Waals surface area (Å²) in [5.74, 6) is 0.181. The second-order valence-corrected chi connectivity index (χ2v) is 9.23. The van der Waals surface area contributed by atoms with E-state index in [9.17, 15) is 9.59 Å². The van der Waals surface area contributed by atoms with E-state index in [0.29, 0.717) is 29.2 Å². The van der Waals surface area contributed by atoms with E-state index in [4.69, 9.17) is 9.47 Å². The van der Waals surface area contributed by atoms with Crippen molar-refractivity contribution in [3.63, 3.8) is 0 Å². The third-order valence-electron chi connectivity index (χ3n) is 5.60. The first-order valence-electron chi connectivity index (χ1n) is 10.7. The highest BCUT2D eigenvalue weighted by molar-refractivity contribution is 7.22. The number of nitrogens with one attached hydrogen (secondary N) is 1. The Kier molecular flexibility index (Phi) is 6.60. The Bertz CT molecular complexity index is 1150. The maximum Gasteiger partial charge on any atom is 0.265 e. The topological polar surface area (TPSA) is 72.8 Å². The number of nitrogens with zero attached hydrogens (tertiary/aromatic N) is 2. The van der Waals surface area contributed by atoms with Crippen LogP contribution in [0.1, 0.15) is 28.9 Å². The van der Waals surface area contributed by atoms with Crippen molar-refractivity contribution in [3.8, 4) is 5.75 Å². The molecule has 1 unspecified atom stereocenters. The van der Waals surface area contributed by atoms with Crippen molar-refractivity contribution in [2.75, 3.05) is 40.4 Å². The number of amides is 1. The summed E-state index contributed by atoms with van der Waals surface area (Å²) >= 11 is 1.33. The minimum atomic E-state index is -0.201. The summed E-state index contributed by atoms with van der Waals surface area (Å²) < 4.78 is 14.2. The number of pyridine rings is 1.